The molecule has 1 heterocycles. The van der Waals surface area contributed by atoms with Crippen LogP contribution in [0.3, 0.4) is 0 Å². The number of benzene rings is 2. The summed E-state index contributed by atoms with van der Waals surface area (Å²) in [4.78, 5) is 2.28. The van der Waals surface area contributed by atoms with Crippen molar-refractivity contribution in [1.82, 2.24) is 20.7 Å². The zero-order valence-corrected chi connectivity index (χ0v) is 14.4. The van der Waals surface area contributed by atoms with Gasteiger partial charge in [-0.3, -0.25) is 10.3 Å². The van der Waals surface area contributed by atoms with E-state index in [-0.39, 0.29) is 0 Å². The van der Waals surface area contributed by atoms with Crippen molar-refractivity contribution in [3.8, 4) is 11.5 Å². The van der Waals surface area contributed by atoms with E-state index in [4.69, 9.17) is 0 Å². The second kappa shape index (κ2) is 8.82. The highest BCUT2D eigenvalue weighted by atomic mass is 16.3. The summed E-state index contributed by atoms with van der Waals surface area (Å²) in [6.45, 7) is 5.49. The molecule has 1 saturated heterocycles. The lowest BCUT2D eigenvalue weighted by atomic mass is 10.2. The van der Waals surface area contributed by atoms with Crippen LogP contribution in [0.1, 0.15) is 11.1 Å². The van der Waals surface area contributed by atoms with E-state index in [9.17, 15) is 10.2 Å². The number of phenolic OH excluding ortho intramolecular Hbond substituents is 2. The molecule has 3 rings (SSSR count). The van der Waals surface area contributed by atoms with Gasteiger partial charge in [-0.15, -0.1) is 0 Å². The predicted molar refractivity (Wildman–Crippen MR) is 97.9 cm³/mol. The highest BCUT2D eigenvalue weighted by Crippen LogP contribution is 2.19. The first-order chi connectivity index (χ1) is 12.2. The van der Waals surface area contributed by atoms with Gasteiger partial charge in [-0.2, -0.15) is 0 Å². The third-order valence-corrected chi connectivity index (χ3v) is 4.40. The second-order valence-electron chi connectivity index (χ2n) is 6.30. The first-order valence-electron chi connectivity index (χ1n) is 8.67. The predicted octanol–water partition coefficient (Wildman–Crippen LogP) is 1.47. The normalized spacial score (nSPS) is 17.6. The Labute approximate surface area is 148 Å². The van der Waals surface area contributed by atoms with E-state index in [2.05, 4.69) is 20.7 Å². The Hall–Kier alpha value is -2.12. The van der Waals surface area contributed by atoms with Gasteiger partial charge in [-0.25, -0.2) is 5.01 Å². The highest BCUT2D eigenvalue weighted by molar-refractivity contribution is 5.32. The first kappa shape index (κ1) is 17.7. The number of nitrogens with zero attached hydrogens (tertiary/aromatic N) is 2. The van der Waals surface area contributed by atoms with Gasteiger partial charge in [0.15, 0.2) is 0 Å². The molecule has 0 saturated carbocycles. The minimum absolute atomic E-state index is 0.327. The fourth-order valence-corrected chi connectivity index (χ4v) is 2.97. The monoisotopic (exact) mass is 342 g/mol. The van der Waals surface area contributed by atoms with Gasteiger partial charge in [-0.1, -0.05) is 36.4 Å². The molecule has 134 valence electrons. The average Bonchev–Trinajstić information content (AvgIpc) is 2.72. The van der Waals surface area contributed by atoms with Crippen molar-refractivity contribution in [1.29, 1.82) is 0 Å². The molecule has 25 heavy (non-hydrogen) atoms. The van der Waals surface area contributed by atoms with Crippen LogP contribution in [0.2, 0.25) is 0 Å². The molecule has 1 fully saturated rings. The molecule has 1 aliphatic rings. The Balaban J connectivity index is 1.62. The van der Waals surface area contributed by atoms with Crippen LogP contribution in [-0.2, 0) is 13.1 Å². The van der Waals surface area contributed by atoms with E-state index < -0.39 is 0 Å². The van der Waals surface area contributed by atoms with Crippen LogP contribution in [0.25, 0.3) is 0 Å². The molecule has 0 aromatic heterocycles. The van der Waals surface area contributed by atoms with Crippen LogP contribution >= 0.6 is 0 Å². The number of aromatic hydroxyl groups is 2. The van der Waals surface area contributed by atoms with Crippen molar-refractivity contribution in [2.75, 3.05) is 32.8 Å². The maximum absolute atomic E-state index is 10.0. The van der Waals surface area contributed by atoms with Gasteiger partial charge < -0.3 is 15.5 Å². The van der Waals surface area contributed by atoms with E-state index in [1.165, 1.54) is 0 Å². The molecule has 0 bridgehead atoms. The lowest BCUT2D eigenvalue weighted by Crippen LogP contribution is -2.42. The Morgan fingerprint density at radius 3 is 2.12 bits per heavy atom. The van der Waals surface area contributed by atoms with E-state index in [1.54, 1.807) is 12.1 Å². The van der Waals surface area contributed by atoms with Gasteiger partial charge >= 0.3 is 0 Å². The largest absolute Gasteiger partial charge is 0.508 e. The lowest BCUT2D eigenvalue weighted by Gasteiger charge is -2.26. The summed E-state index contributed by atoms with van der Waals surface area (Å²) in [5, 5.41) is 25.6. The van der Waals surface area contributed by atoms with Crippen molar-refractivity contribution in [2.45, 2.75) is 13.1 Å². The summed E-state index contributed by atoms with van der Waals surface area (Å²) in [5.41, 5.74) is 5.26. The molecule has 0 radical (unpaired) electrons. The van der Waals surface area contributed by atoms with Gasteiger partial charge in [0.05, 0.1) is 0 Å². The van der Waals surface area contributed by atoms with Crippen LogP contribution in [0.15, 0.2) is 48.5 Å². The van der Waals surface area contributed by atoms with Crippen LogP contribution in [0, 0.1) is 0 Å². The second-order valence-corrected chi connectivity index (χ2v) is 6.30. The summed E-state index contributed by atoms with van der Waals surface area (Å²) < 4.78 is 0. The SMILES string of the molecule is Oc1ccccc1CN1CCN(Cc2ccccc2O)NCCNC1. The van der Waals surface area contributed by atoms with Gasteiger partial charge in [0.1, 0.15) is 11.5 Å². The van der Waals surface area contributed by atoms with E-state index in [0.717, 1.165) is 44.0 Å². The average molecular weight is 342 g/mol. The Morgan fingerprint density at radius 2 is 1.44 bits per heavy atom. The van der Waals surface area contributed by atoms with Crippen LogP contribution in [0.4, 0.5) is 0 Å². The molecule has 0 aliphatic carbocycles. The summed E-state index contributed by atoms with van der Waals surface area (Å²) in [7, 11) is 0. The molecule has 0 amide bonds. The molecule has 0 atom stereocenters. The van der Waals surface area contributed by atoms with Crippen molar-refractivity contribution in [2.24, 2.45) is 0 Å². The minimum atomic E-state index is 0.327. The maximum Gasteiger partial charge on any atom is 0.120 e. The molecule has 6 nitrogen and oxygen atoms in total. The third kappa shape index (κ3) is 5.17. The summed E-state index contributed by atoms with van der Waals surface area (Å²) in [5.74, 6) is 0.667. The van der Waals surface area contributed by atoms with E-state index in [1.807, 2.05) is 36.4 Å². The van der Waals surface area contributed by atoms with E-state index in [0.29, 0.717) is 24.6 Å². The smallest absolute Gasteiger partial charge is 0.120 e. The van der Waals surface area contributed by atoms with Gasteiger partial charge in [0, 0.05) is 57.1 Å². The quantitative estimate of drug-likeness (QED) is 0.675. The van der Waals surface area contributed by atoms with Crippen LogP contribution in [-0.4, -0.2) is 53.0 Å². The molecule has 0 unspecified atom stereocenters. The number of nitrogens with one attached hydrogen (secondary N) is 2. The van der Waals surface area contributed by atoms with Gasteiger partial charge in [0.25, 0.3) is 0 Å². The van der Waals surface area contributed by atoms with Crippen LogP contribution in [0.5, 0.6) is 11.5 Å². The zero-order chi connectivity index (χ0) is 17.5. The topological polar surface area (TPSA) is 71.0 Å². The molecular formula is C19H26N4O2. The fraction of sp³-hybridized carbons (Fsp3) is 0.368. The van der Waals surface area contributed by atoms with E-state index >= 15 is 0 Å². The van der Waals surface area contributed by atoms with Crippen molar-refractivity contribution < 1.29 is 10.2 Å². The van der Waals surface area contributed by atoms with Crippen molar-refractivity contribution in [3.63, 3.8) is 0 Å². The third-order valence-electron chi connectivity index (χ3n) is 4.40. The molecule has 1 aliphatic heterocycles. The number of rotatable bonds is 4. The molecule has 2 aromatic rings. The number of hydrazine groups is 1. The van der Waals surface area contributed by atoms with Gasteiger partial charge in [0.2, 0.25) is 0 Å². The Kier molecular flexibility index (Phi) is 6.25. The number of para-hydroxylation sites is 2. The molecule has 6 heteroatoms. The number of phenols is 2. The molecular weight excluding hydrogens is 316 g/mol. The zero-order valence-electron chi connectivity index (χ0n) is 14.4. The number of hydrogen-bond donors (Lipinski definition) is 4. The Bertz CT molecular complexity index is 622. The lowest BCUT2D eigenvalue weighted by molar-refractivity contribution is 0.152. The first-order valence-corrected chi connectivity index (χ1v) is 8.67. The Morgan fingerprint density at radius 1 is 0.800 bits per heavy atom. The van der Waals surface area contributed by atoms with Gasteiger partial charge in [-0.05, 0) is 12.1 Å². The highest BCUT2D eigenvalue weighted by Gasteiger charge is 2.14. The minimum Gasteiger partial charge on any atom is -0.508 e. The standard InChI is InChI=1S/C19H26N4O2/c24-18-7-3-1-5-16(18)13-22-11-12-23(21-10-9-20-15-22)14-17-6-2-4-8-19(17)25/h1-8,20-21,24-25H,9-15H2. The van der Waals surface area contributed by atoms with Crippen molar-refractivity contribution in [3.05, 3.63) is 59.7 Å². The number of hydrogen-bond acceptors (Lipinski definition) is 6. The summed E-state index contributed by atoms with van der Waals surface area (Å²) in [6.07, 6.45) is 0. The van der Waals surface area contributed by atoms with Crippen molar-refractivity contribution >= 4 is 0 Å². The summed E-state index contributed by atoms with van der Waals surface area (Å²) in [6, 6.07) is 14.9. The maximum atomic E-state index is 10.0. The molecule has 4 N–H and O–H groups in total. The fourth-order valence-electron chi connectivity index (χ4n) is 2.97. The summed E-state index contributed by atoms with van der Waals surface area (Å²) >= 11 is 0. The van der Waals surface area contributed by atoms with Crippen LogP contribution < -0.4 is 10.7 Å². The molecule has 0 spiro atoms. The molecule has 2 aromatic carbocycles.